The molecule has 2 aromatic rings. The minimum atomic E-state index is -0.116. The predicted molar refractivity (Wildman–Crippen MR) is 88.8 cm³/mol. The van der Waals surface area contributed by atoms with E-state index in [1.807, 2.05) is 56.3 Å². The molecular formula is C19H21NO3. The van der Waals surface area contributed by atoms with Crippen molar-refractivity contribution in [1.29, 1.82) is 0 Å². The summed E-state index contributed by atoms with van der Waals surface area (Å²) >= 11 is 0. The Labute approximate surface area is 136 Å². The Morgan fingerprint density at radius 2 is 1.91 bits per heavy atom. The smallest absolute Gasteiger partial charge is 0.258 e. The molecular weight excluding hydrogens is 290 g/mol. The molecule has 3 rings (SSSR count). The van der Waals surface area contributed by atoms with Crippen LogP contribution in [0.25, 0.3) is 0 Å². The number of fused-ring (bicyclic) bond motifs is 1. The monoisotopic (exact) mass is 311 g/mol. The van der Waals surface area contributed by atoms with Gasteiger partial charge in [0.15, 0.2) is 6.61 Å². The van der Waals surface area contributed by atoms with E-state index in [1.165, 1.54) is 0 Å². The normalized spacial score (nSPS) is 16.2. The van der Waals surface area contributed by atoms with Gasteiger partial charge in [-0.05, 0) is 31.0 Å². The van der Waals surface area contributed by atoms with E-state index in [9.17, 15) is 4.79 Å². The quantitative estimate of drug-likeness (QED) is 0.942. The second kappa shape index (κ2) is 6.73. The summed E-state index contributed by atoms with van der Waals surface area (Å²) < 4.78 is 11.3. The van der Waals surface area contributed by atoms with Crippen molar-refractivity contribution in [1.82, 2.24) is 5.32 Å². The Hall–Kier alpha value is -2.49. The number of benzene rings is 2. The zero-order valence-corrected chi connectivity index (χ0v) is 13.5. The standard InChI is InChI=1S/C19H21NO3/c1-13-6-5-7-14(2)19(13)23-12-18(21)20-16-10-11-22-17-9-4-3-8-15(16)17/h3-9,16H,10-12H2,1-2H3,(H,20,21)/t16-/m0/s1. The maximum atomic E-state index is 12.2. The SMILES string of the molecule is Cc1cccc(C)c1OCC(=O)N[C@H]1CCOc2ccccc21. The number of rotatable bonds is 4. The lowest BCUT2D eigenvalue weighted by Gasteiger charge is -2.26. The number of ether oxygens (including phenoxy) is 2. The molecule has 1 atom stereocenters. The van der Waals surface area contributed by atoms with Crippen LogP contribution in [0.4, 0.5) is 0 Å². The number of hydrogen-bond donors (Lipinski definition) is 1. The Morgan fingerprint density at radius 3 is 2.70 bits per heavy atom. The topological polar surface area (TPSA) is 47.6 Å². The lowest BCUT2D eigenvalue weighted by Crippen LogP contribution is -2.35. The minimum absolute atomic E-state index is 0.0191. The van der Waals surface area contributed by atoms with Crippen molar-refractivity contribution in [2.45, 2.75) is 26.3 Å². The molecule has 0 fully saturated rings. The van der Waals surface area contributed by atoms with Gasteiger partial charge in [-0.3, -0.25) is 4.79 Å². The number of hydrogen-bond acceptors (Lipinski definition) is 3. The molecule has 0 aliphatic carbocycles. The summed E-state index contributed by atoms with van der Waals surface area (Å²) in [4.78, 5) is 12.2. The van der Waals surface area contributed by atoms with Gasteiger partial charge < -0.3 is 14.8 Å². The fourth-order valence-corrected chi connectivity index (χ4v) is 2.89. The molecule has 0 bridgehead atoms. The molecule has 23 heavy (non-hydrogen) atoms. The van der Waals surface area contributed by atoms with Crippen molar-refractivity contribution < 1.29 is 14.3 Å². The van der Waals surface area contributed by atoms with Gasteiger partial charge in [0.2, 0.25) is 0 Å². The third kappa shape index (κ3) is 3.47. The predicted octanol–water partition coefficient (Wildman–Crippen LogP) is 3.32. The first-order valence-electron chi connectivity index (χ1n) is 7.85. The molecule has 0 radical (unpaired) electrons. The van der Waals surface area contributed by atoms with Gasteiger partial charge in [0, 0.05) is 12.0 Å². The number of nitrogens with one attached hydrogen (secondary N) is 1. The highest BCUT2D eigenvalue weighted by Gasteiger charge is 2.22. The molecule has 1 amide bonds. The molecule has 4 heteroatoms. The van der Waals surface area contributed by atoms with Crippen molar-refractivity contribution in [2.75, 3.05) is 13.2 Å². The van der Waals surface area contributed by atoms with E-state index in [0.717, 1.165) is 34.6 Å². The van der Waals surface area contributed by atoms with Crippen LogP contribution >= 0.6 is 0 Å². The first kappa shape index (κ1) is 15.4. The van der Waals surface area contributed by atoms with Crippen LogP contribution in [0.2, 0.25) is 0 Å². The van der Waals surface area contributed by atoms with E-state index in [4.69, 9.17) is 9.47 Å². The summed E-state index contributed by atoms with van der Waals surface area (Å²) in [7, 11) is 0. The first-order chi connectivity index (χ1) is 11.1. The first-order valence-corrected chi connectivity index (χ1v) is 7.85. The Morgan fingerprint density at radius 1 is 1.17 bits per heavy atom. The van der Waals surface area contributed by atoms with Crippen molar-refractivity contribution in [2.24, 2.45) is 0 Å². The van der Waals surface area contributed by atoms with Gasteiger partial charge in [0.1, 0.15) is 11.5 Å². The summed E-state index contributed by atoms with van der Waals surface area (Å²) in [5.74, 6) is 1.52. The number of para-hydroxylation sites is 2. The van der Waals surface area contributed by atoms with Crippen LogP contribution in [0.3, 0.4) is 0 Å². The molecule has 1 aliphatic rings. The average Bonchev–Trinajstić information content (AvgIpc) is 2.55. The van der Waals surface area contributed by atoms with Crippen molar-refractivity contribution in [3.8, 4) is 11.5 Å². The minimum Gasteiger partial charge on any atom is -0.493 e. The summed E-state index contributed by atoms with van der Waals surface area (Å²) in [6.45, 7) is 4.59. The maximum absolute atomic E-state index is 12.2. The molecule has 120 valence electrons. The van der Waals surface area contributed by atoms with Gasteiger partial charge in [-0.15, -0.1) is 0 Å². The van der Waals surface area contributed by atoms with Crippen molar-refractivity contribution >= 4 is 5.91 Å². The van der Waals surface area contributed by atoms with Crippen molar-refractivity contribution in [3.63, 3.8) is 0 Å². The molecule has 0 spiro atoms. The summed E-state index contributed by atoms with van der Waals surface area (Å²) in [5, 5.41) is 3.04. The summed E-state index contributed by atoms with van der Waals surface area (Å²) in [6, 6.07) is 13.7. The highest BCUT2D eigenvalue weighted by atomic mass is 16.5. The van der Waals surface area contributed by atoms with Crippen molar-refractivity contribution in [3.05, 3.63) is 59.2 Å². The van der Waals surface area contributed by atoms with E-state index >= 15 is 0 Å². The molecule has 0 aromatic heterocycles. The van der Waals surface area contributed by atoms with E-state index in [1.54, 1.807) is 0 Å². The molecule has 4 nitrogen and oxygen atoms in total. The van der Waals surface area contributed by atoms with Gasteiger partial charge in [-0.25, -0.2) is 0 Å². The van der Waals surface area contributed by atoms with Crippen LogP contribution in [-0.2, 0) is 4.79 Å². The van der Waals surface area contributed by atoms with Crippen LogP contribution in [0, 0.1) is 13.8 Å². The fourth-order valence-electron chi connectivity index (χ4n) is 2.89. The molecule has 0 saturated carbocycles. The number of carbonyl (C=O) groups excluding carboxylic acids is 1. The highest BCUT2D eigenvalue weighted by molar-refractivity contribution is 5.78. The maximum Gasteiger partial charge on any atom is 0.258 e. The van der Waals surface area contributed by atoms with Crippen LogP contribution < -0.4 is 14.8 Å². The van der Waals surface area contributed by atoms with Crippen LogP contribution in [0.1, 0.15) is 29.2 Å². The molecule has 1 N–H and O–H groups in total. The zero-order valence-electron chi connectivity index (χ0n) is 13.5. The second-order valence-corrected chi connectivity index (χ2v) is 5.80. The van der Waals surface area contributed by atoms with E-state index < -0.39 is 0 Å². The zero-order chi connectivity index (χ0) is 16.2. The fraction of sp³-hybridized carbons (Fsp3) is 0.316. The third-order valence-corrected chi connectivity index (χ3v) is 4.05. The highest BCUT2D eigenvalue weighted by Crippen LogP contribution is 2.31. The lowest BCUT2D eigenvalue weighted by atomic mass is 10.0. The van der Waals surface area contributed by atoms with E-state index in [0.29, 0.717) is 6.61 Å². The largest absolute Gasteiger partial charge is 0.493 e. The average molecular weight is 311 g/mol. The van der Waals surface area contributed by atoms with Gasteiger partial charge in [-0.1, -0.05) is 36.4 Å². The van der Waals surface area contributed by atoms with Crippen LogP contribution in [0.15, 0.2) is 42.5 Å². The van der Waals surface area contributed by atoms with E-state index in [-0.39, 0.29) is 18.6 Å². The Balaban J connectivity index is 1.63. The van der Waals surface area contributed by atoms with Gasteiger partial charge >= 0.3 is 0 Å². The third-order valence-electron chi connectivity index (χ3n) is 4.05. The Kier molecular flexibility index (Phi) is 4.51. The molecule has 1 heterocycles. The number of carbonyl (C=O) groups is 1. The Bertz CT molecular complexity index is 691. The second-order valence-electron chi connectivity index (χ2n) is 5.80. The van der Waals surface area contributed by atoms with E-state index in [2.05, 4.69) is 5.32 Å². The molecule has 0 unspecified atom stereocenters. The van der Waals surface area contributed by atoms with Crippen LogP contribution in [-0.4, -0.2) is 19.1 Å². The molecule has 2 aromatic carbocycles. The van der Waals surface area contributed by atoms with Gasteiger partial charge in [0.25, 0.3) is 5.91 Å². The van der Waals surface area contributed by atoms with Gasteiger partial charge in [0.05, 0.1) is 12.6 Å². The molecule has 1 aliphatic heterocycles. The lowest BCUT2D eigenvalue weighted by molar-refractivity contribution is -0.124. The van der Waals surface area contributed by atoms with Crippen LogP contribution in [0.5, 0.6) is 11.5 Å². The summed E-state index contributed by atoms with van der Waals surface area (Å²) in [6.07, 6.45) is 0.770. The number of amides is 1. The number of aryl methyl sites for hydroxylation is 2. The summed E-state index contributed by atoms with van der Waals surface area (Å²) in [5.41, 5.74) is 3.10. The van der Waals surface area contributed by atoms with Gasteiger partial charge in [-0.2, -0.15) is 0 Å². The molecule has 0 saturated heterocycles.